The Morgan fingerprint density at radius 2 is 0.667 bits per heavy atom. The van der Waals surface area contributed by atoms with Crippen molar-refractivity contribution in [3.8, 4) is 11.1 Å². The Balaban J connectivity index is 0.000000771. The molecule has 0 aliphatic rings. The predicted molar refractivity (Wildman–Crippen MR) is 82.2 cm³/mol. The van der Waals surface area contributed by atoms with Crippen molar-refractivity contribution in [2.75, 3.05) is 0 Å². The summed E-state index contributed by atoms with van der Waals surface area (Å²) in [7, 11) is 0. The summed E-state index contributed by atoms with van der Waals surface area (Å²) < 4.78 is 0. The summed E-state index contributed by atoms with van der Waals surface area (Å²) in [6.45, 7) is 12.6. The van der Waals surface area contributed by atoms with Crippen molar-refractivity contribution >= 4 is 0 Å². The molecular formula is C18H24. The molecule has 0 bridgehead atoms. The second kappa shape index (κ2) is 6.39. The van der Waals surface area contributed by atoms with Gasteiger partial charge in [-0.1, -0.05) is 72.5 Å². The SMILES string of the molecule is CC.Cc1cc(C)cc(-c2cc(C)cc(C)c2)c1. The molecule has 0 heteroatoms. The Bertz CT molecular complexity index is 432. The number of aryl methyl sites for hydroxylation is 4. The van der Waals surface area contributed by atoms with Crippen LogP contribution in [-0.4, -0.2) is 0 Å². The zero-order chi connectivity index (χ0) is 13.7. The first-order chi connectivity index (χ1) is 8.54. The largest absolute Gasteiger partial charge is 0.0683 e. The molecule has 0 saturated heterocycles. The summed E-state index contributed by atoms with van der Waals surface area (Å²) in [5, 5.41) is 0. The van der Waals surface area contributed by atoms with E-state index < -0.39 is 0 Å². The standard InChI is InChI=1S/C16H18.C2H6/c1-11-5-12(2)8-15(7-11)16-9-13(3)6-14(4)10-16;1-2/h5-10H,1-4H3;1-2H3. The van der Waals surface area contributed by atoms with Crippen LogP contribution in [0.25, 0.3) is 11.1 Å². The van der Waals surface area contributed by atoms with Gasteiger partial charge in [-0.2, -0.15) is 0 Å². The van der Waals surface area contributed by atoms with Crippen molar-refractivity contribution < 1.29 is 0 Å². The average molecular weight is 240 g/mol. The minimum absolute atomic E-state index is 1.32. The first-order valence-electron chi connectivity index (χ1n) is 6.71. The number of hydrogen-bond acceptors (Lipinski definition) is 0. The van der Waals surface area contributed by atoms with Crippen LogP contribution in [0.4, 0.5) is 0 Å². The highest BCUT2D eigenvalue weighted by molar-refractivity contribution is 5.66. The summed E-state index contributed by atoms with van der Waals surface area (Å²) in [6.07, 6.45) is 0. The summed E-state index contributed by atoms with van der Waals surface area (Å²) in [5.74, 6) is 0. The third-order valence-corrected chi connectivity index (χ3v) is 2.78. The molecule has 0 unspecified atom stereocenters. The number of benzene rings is 2. The molecule has 2 aromatic rings. The van der Waals surface area contributed by atoms with Crippen molar-refractivity contribution in [1.29, 1.82) is 0 Å². The van der Waals surface area contributed by atoms with Crippen LogP contribution >= 0.6 is 0 Å². The van der Waals surface area contributed by atoms with Crippen LogP contribution in [-0.2, 0) is 0 Å². The monoisotopic (exact) mass is 240 g/mol. The quantitative estimate of drug-likeness (QED) is 0.607. The molecule has 96 valence electrons. The first-order valence-corrected chi connectivity index (χ1v) is 6.71. The van der Waals surface area contributed by atoms with Gasteiger partial charge in [0.2, 0.25) is 0 Å². The molecule has 0 aliphatic carbocycles. The van der Waals surface area contributed by atoms with Gasteiger partial charge in [0.15, 0.2) is 0 Å². The zero-order valence-electron chi connectivity index (χ0n) is 12.5. The Labute approximate surface area is 112 Å². The van der Waals surface area contributed by atoms with E-state index in [-0.39, 0.29) is 0 Å². The van der Waals surface area contributed by atoms with Gasteiger partial charge >= 0.3 is 0 Å². The average Bonchev–Trinajstić information content (AvgIpc) is 2.29. The Morgan fingerprint density at radius 3 is 0.889 bits per heavy atom. The second-order valence-electron chi connectivity index (χ2n) is 4.75. The van der Waals surface area contributed by atoms with E-state index in [1.807, 2.05) is 13.8 Å². The zero-order valence-corrected chi connectivity index (χ0v) is 12.5. The molecule has 2 aromatic carbocycles. The summed E-state index contributed by atoms with van der Waals surface area (Å²) in [4.78, 5) is 0. The van der Waals surface area contributed by atoms with Crippen LogP contribution in [0.15, 0.2) is 36.4 Å². The normalized spacial score (nSPS) is 9.67. The maximum Gasteiger partial charge on any atom is -0.0179 e. The number of hydrogen-bond donors (Lipinski definition) is 0. The molecule has 18 heavy (non-hydrogen) atoms. The fourth-order valence-corrected chi connectivity index (χ4v) is 2.28. The highest BCUT2D eigenvalue weighted by Gasteiger charge is 2.01. The third kappa shape index (κ3) is 3.73. The van der Waals surface area contributed by atoms with Gasteiger partial charge in [-0.15, -0.1) is 0 Å². The summed E-state index contributed by atoms with van der Waals surface area (Å²) in [5.41, 5.74) is 7.96. The molecule has 0 atom stereocenters. The Morgan fingerprint density at radius 1 is 0.444 bits per heavy atom. The van der Waals surface area contributed by atoms with Crippen molar-refractivity contribution in [3.05, 3.63) is 58.7 Å². The lowest BCUT2D eigenvalue weighted by molar-refractivity contribution is 1.35. The molecule has 0 saturated carbocycles. The van der Waals surface area contributed by atoms with Crippen LogP contribution in [0.1, 0.15) is 36.1 Å². The first kappa shape index (κ1) is 14.5. The van der Waals surface area contributed by atoms with E-state index in [0.29, 0.717) is 0 Å². The summed E-state index contributed by atoms with van der Waals surface area (Å²) >= 11 is 0. The van der Waals surface area contributed by atoms with Crippen molar-refractivity contribution in [1.82, 2.24) is 0 Å². The van der Waals surface area contributed by atoms with Crippen LogP contribution < -0.4 is 0 Å². The molecule has 0 nitrogen and oxygen atoms in total. The molecule has 2 rings (SSSR count). The van der Waals surface area contributed by atoms with E-state index in [9.17, 15) is 0 Å². The fourth-order valence-electron chi connectivity index (χ4n) is 2.28. The van der Waals surface area contributed by atoms with E-state index >= 15 is 0 Å². The Kier molecular flexibility index (Phi) is 5.15. The number of rotatable bonds is 1. The molecule has 0 amide bonds. The van der Waals surface area contributed by atoms with Gasteiger partial charge in [0.05, 0.1) is 0 Å². The second-order valence-corrected chi connectivity index (χ2v) is 4.75. The van der Waals surface area contributed by atoms with Crippen LogP contribution in [0, 0.1) is 27.7 Å². The van der Waals surface area contributed by atoms with Gasteiger partial charge in [-0.25, -0.2) is 0 Å². The van der Waals surface area contributed by atoms with E-state index in [0.717, 1.165) is 0 Å². The molecular weight excluding hydrogens is 216 g/mol. The van der Waals surface area contributed by atoms with Gasteiger partial charge < -0.3 is 0 Å². The van der Waals surface area contributed by atoms with Crippen LogP contribution in [0.5, 0.6) is 0 Å². The lowest BCUT2D eigenvalue weighted by atomic mass is 9.98. The third-order valence-electron chi connectivity index (χ3n) is 2.78. The Hall–Kier alpha value is -1.56. The van der Waals surface area contributed by atoms with Crippen molar-refractivity contribution in [3.63, 3.8) is 0 Å². The van der Waals surface area contributed by atoms with Gasteiger partial charge in [-0.05, 0) is 38.8 Å². The van der Waals surface area contributed by atoms with E-state index in [1.165, 1.54) is 33.4 Å². The van der Waals surface area contributed by atoms with E-state index in [4.69, 9.17) is 0 Å². The highest BCUT2D eigenvalue weighted by Crippen LogP contribution is 2.24. The minimum Gasteiger partial charge on any atom is -0.0683 e. The molecule has 0 heterocycles. The smallest absolute Gasteiger partial charge is 0.0179 e. The maximum atomic E-state index is 2.25. The van der Waals surface area contributed by atoms with Crippen LogP contribution in [0.2, 0.25) is 0 Å². The topological polar surface area (TPSA) is 0 Å². The maximum absolute atomic E-state index is 2.25. The van der Waals surface area contributed by atoms with Gasteiger partial charge in [0, 0.05) is 0 Å². The molecule has 0 fully saturated rings. The predicted octanol–water partition coefficient (Wildman–Crippen LogP) is 5.61. The summed E-state index contributed by atoms with van der Waals surface area (Å²) in [6, 6.07) is 13.4. The molecule has 0 N–H and O–H groups in total. The molecule has 0 aliphatic heterocycles. The molecule has 0 spiro atoms. The van der Waals surface area contributed by atoms with Crippen molar-refractivity contribution in [2.24, 2.45) is 0 Å². The van der Waals surface area contributed by atoms with Crippen molar-refractivity contribution in [2.45, 2.75) is 41.5 Å². The molecule has 0 aromatic heterocycles. The van der Waals surface area contributed by atoms with Crippen LogP contribution in [0.3, 0.4) is 0 Å². The molecule has 0 radical (unpaired) electrons. The highest BCUT2D eigenvalue weighted by atomic mass is 14.1. The van der Waals surface area contributed by atoms with E-state index in [1.54, 1.807) is 0 Å². The minimum atomic E-state index is 1.32. The lowest BCUT2D eigenvalue weighted by Gasteiger charge is -2.07. The van der Waals surface area contributed by atoms with Gasteiger partial charge in [0.1, 0.15) is 0 Å². The van der Waals surface area contributed by atoms with Gasteiger partial charge in [0.25, 0.3) is 0 Å². The lowest BCUT2D eigenvalue weighted by Crippen LogP contribution is -1.85. The fraction of sp³-hybridized carbons (Fsp3) is 0.333. The van der Waals surface area contributed by atoms with E-state index in [2.05, 4.69) is 64.1 Å². The van der Waals surface area contributed by atoms with Gasteiger partial charge in [-0.3, -0.25) is 0 Å².